The Bertz CT molecular complexity index is 1300. The predicted octanol–water partition coefficient (Wildman–Crippen LogP) is -0.0248. The lowest BCUT2D eigenvalue weighted by Gasteiger charge is -2.39. The molecule has 186 valence electrons. The Kier molecular flexibility index (Phi) is 6.65. The number of carbonyl (C=O) groups is 1. The molecule has 35 heavy (non-hydrogen) atoms. The lowest BCUT2D eigenvalue weighted by Crippen LogP contribution is -2.60. The van der Waals surface area contributed by atoms with Crippen LogP contribution in [0.25, 0.3) is 22.3 Å². The van der Waals surface area contributed by atoms with Gasteiger partial charge in [-0.05, 0) is 24.3 Å². The molecule has 0 spiro atoms. The van der Waals surface area contributed by atoms with E-state index in [0.717, 1.165) is 13.0 Å². The number of hydrogen-bond acceptors (Lipinski definition) is 12. The summed E-state index contributed by atoms with van der Waals surface area (Å²) >= 11 is 0. The Morgan fingerprint density at radius 3 is 2.34 bits per heavy atom. The second-order valence-corrected chi connectivity index (χ2v) is 7.86. The third-order valence-electron chi connectivity index (χ3n) is 5.38. The van der Waals surface area contributed by atoms with Crippen LogP contribution in [-0.4, -0.2) is 73.9 Å². The summed E-state index contributed by atoms with van der Waals surface area (Å²) in [6.07, 6.45) is -8.26. The normalized spacial score (nSPS) is 24.3. The molecule has 12 nitrogen and oxygen atoms in total. The maximum Gasteiger partial charge on any atom is 0.308 e. The van der Waals surface area contributed by atoms with Gasteiger partial charge in [0.05, 0.1) is 6.61 Å². The van der Waals surface area contributed by atoms with Gasteiger partial charge in [0.1, 0.15) is 52.6 Å². The quantitative estimate of drug-likeness (QED) is 0.207. The average molecular weight is 490 g/mol. The number of ether oxygens (including phenoxy) is 3. The fraction of sp³-hybridized carbons (Fsp3) is 0.304. The van der Waals surface area contributed by atoms with Crippen LogP contribution in [0, 0.1) is 0 Å². The molecule has 2 heterocycles. The third kappa shape index (κ3) is 4.65. The van der Waals surface area contributed by atoms with E-state index in [1.54, 1.807) is 0 Å². The van der Waals surface area contributed by atoms with Crippen molar-refractivity contribution in [2.24, 2.45) is 0 Å². The molecule has 1 aromatic heterocycles. The van der Waals surface area contributed by atoms with Crippen LogP contribution in [-0.2, 0) is 9.53 Å². The molecular formula is C23H22O12. The van der Waals surface area contributed by atoms with Crippen molar-refractivity contribution in [1.82, 2.24) is 0 Å². The van der Waals surface area contributed by atoms with Crippen molar-refractivity contribution >= 4 is 16.9 Å². The lowest BCUT2D eigenvalue weighted by molar-refractivity contribution is -0.277. The minimum atomic E-state index is -1.82. The third-order valence-corrected chi connectivity index (χ3v) is 5.38. The highest BCUT2D eigenvalue weighted by Gasteiger charge is 2.45. The van der Waals surface area contributed by atoms with E-state index in [-0.39, 0.29) is 33.8 Å². The van der Waals surface area contributed by atoms with Gasteiger partial charge in [0, 0.05) is 24.6 Å². The standard InChI is InChI=1S/C23H22O12/c1-9(25)32-12-6-13(27)16-14(7-12)33-21(10-2-4-11(26)5-3-10)22(18(16)29)35-23-20(31)19(30)17(28)15(8-24)34-23/h2-7,15,17,19-20,23-24,26-28,30-31H,8H2,1H3/t15-,17-,19+,20-,23+/m1/s1. The number of rotatable bonds is 5. The summed E-state index contributed by atoms with van der Waals surface area (Å²) < 4.78 is 21.7. The summed E-state index contributed by atoms with van der Waals surface area (Å²) in [6.45, 7) is 0.429. The Hall–Kier alpha value is -3.68. The van der Waals surface area contributed by atoms with Gasteiger partial charge in [0.2, 0.25) is 17.5 Å². The molecule has 12 heteroatoms. The number of phenols is 2. The monoisotopic (exact) mass is 490 g/mol. The number of fused-ring (bicyclic) bond motifs is 1. The minimum Gasteiger partial charge on any atom is -0.508 e. The molecule has 0 amide bonds. The van der Waals surface area contributed by atoms with Crippen molar-refractivity contribution in [2.75, 3.05) is 6.61 Å². The van der Waals surface area contributed by atoms with Crippen molar-refractivity contribution < 1.29 is 54.1 Å². The van der Waals surface area contributed by atoms with Crippen LogP contribution in [0.3, 0.4) is 0 Å². The summed E-state index contributed by atoms with van der Waals surface area (Å²) in [5.74, 6) is -2.19. The first kappa shape index (κ1) is 24.4. The summed E-state index contributed by atoms with van der Waals surface area (Å²) in [5, 5.41) is 59.6. The second kappa shape index (κ2) is 9.52. The molecule has 1 aliphatic rings. The molecule has 1 fully saturated rings. The molecule has 0 unspecified atom stereocenters. The van der Waals surface area contributed by atoms with Crippen LogP contribution in [0.5, 0.6) is 23.0 Å². The molecule has 0 radical (unpaired) electrons. The second-order valence-electron chi connectivity index (χ2n) is 7.86. The smallest absolute Gasteiger partial charge is 0.308 e. The van der Waals surface area contributed by atoms with Gasteiger partial charge < -0.3 is 49.3 Å². The van der Waals surface area contributed by atoms with E-state index in [1.165, 1.54) is 30.3 Å². The molecule has 1 saturated heterocycles. The van der Waals surface area contributed by atoms with Gasteiger partial charge in [-0.2, -0.15) is 0 Å². The highest BCUT2D eigenvalue weighted by molar-refractivity contribution is 5.89. The molecule has 2 aromatic carbocycles. The van der Waals surface area contributed by atoms with Crippen LogP contribution in [0.2, 0.25) is 0 Å². The minimum absolute atomic E-state index is 0.0805. The van der Waals surface area contributed by atoms with Crippen molar-refractivity contribution in [3.05, 3.63) is 46.6 Å². The molecule has 0 saturated carbocycles. The Morgan fingerprint density at radius 1 is 1.03 bits per heavy atom. The van der Waals surface area contributed by atoms with Crippen LogP contribution in [0.15, 0.2) is 45.6 Å². The average Bonchev–Trinajstić information content (AvgIpc) is 2.80. The van der Waals surface area contributed by atoms with E-state index in [2.05, 4.69) is 0 Å². The van der Waals surface area contributed by atoms with Gasteiger partial charge >= 0.3 is 5.97 Å². The summed E-state index contributed by atoms with van der Waals surface area (Å²) in [6, 6.07) is 7.65. The number of carbonyl (C=O) groups excluding carboxylic acids is 1. The Balaban J connectivity index is 1.89. The first-order valence-corrected chi connectivity index (χ1v) is 10.4. The zero-order valence-electron chi connectivity index (χ0n) is 18.2. The number of esters is 1. The first-order chi connectivity index (χ1) is 16.6. The topological polar surface area (TPSA) is 196 Å². The molecule has 4 rings (SSSR count). The molecule has 6 N–H and O–H groups in total. The van der Waals surface area contributed by atoms with E-state index < -0.39 is 60.2 Å². The fourth-order valence-corrected chi connectivity index (χ4v) is 3.67. The maximum atomic E-state index is 13.4. The maximum absolute atomic E-state index is 13.4. The number of benzene rings is 2. The van der Waals surface area contributed by atoms with E-state index in [9.17, 15) is 40.2 Å². The zero-order valence-corrected chi connectivity index (χ0v) is 18.2. The number of aliphatic hydroxyl groups is 4. The van der Waals surface area contributed by atoms with E-state index >= 15 is 0 Å². The van der Waals surface area contributed by atoms with Gasteiger partial charge in [-0.15, -0.1) is 0 Å². The number of aliphatic hydroxyl groups excluding tert-OH is 4. The van der Waals surface area contributed by atoms with Gasteiger partial charge in [0.15, 0.2) is 5.76 Å². The molecule has 0 bridgehead atoms. The fourth-order valence-electron chi connectivity index (χ4n) is 3.67. The van der Waals surface area contributed by atoms with Gasteiger partial charge in [0.25, 0.3) is 0 Å². The van der Waals surface area contributed by atoms with Crippen molar-refractivity contribution in [3.63, 3.8) is 0 Å². The molecule has 0 aliphatic carbocycles. The van der Waals surface area contributed by atoms with Gasteiger partial charge in [-0.25, -0.2) is 0 Å². The number of aromatic hydroxyl groups is 2. The first-order valence-electron chi connectivity index (χ1n) is 10.4. The number of hydrogen-bond donors (Lipinski definition) is 6. The molecule has 3 aromatic rings. The predicted molar refractivity (Wildman–Crippen MR) is 117 cm³/mol. The molecular weight excluding hydrogens is 468 g/mol. The van der Waals surface area contributed by atoms with E-state index in [1.807, 2.05) is 0 Å². The van der Waals surface area contributed by atoms with Gasteiger partial charge in [-0.1, -0.05) is 0 Å². The zero-order chi connectivity index (χ0) is 25.4. The van der Waals surface area contributed by atoms with Crippen LogP contribution >= 0.6 is 0 Å². The Labute approximate surface area is 196 Å². The summed E-state index contributed by atoms with van der Waals surface area (Å²) in [4.78, 5) is 24.7. The highest BCUT2D eigenvalue weighted by Crippen LogP contribution is 2.37. The van der Waals surface area contributed by atoms with E-state index in [4.69, 9.17) is 18.6 Å². The van der Waals surface area contributed by atoms with Crippen molar-refractivity contribution in [2.45, 2.75) is 37.6 Å². The largest absolute Gasteiger partial charge is 0.508 e. The van der Waals surface area contributed by atoms with Crippen LogP contribution in [0.1, 0.15) is 6.92 Å². The Morgan fingerprint density at radius 2 is 1.71 bits per heavy atom. The van der Waals surface area contributed by atoms with Crippen molar-refractivity contribution in [3.8, 4) is 34.3 Å². The SMILES string of the molecule is CC(=O)Oc1cc(O)c2c(=O)c(O[C@@H]3O[C@H](CO)[C@@H](O)[C@H](O)[C@H]3O)c(-c3ccc(O)cc3)oc2c1. The highest BCUT2D eigenvalue weighted by atomic mass is 16.7. The van der Waals surface area contributed by atoms with Crippen molar-refractivity contribution in [1.29, 1.82) is 0 Å². The van der Waals surface area contributed by atoms with Crippen LogP contribution in [0.4, 0.5) is 0 Å². The molecule has 1 aliphatic heterocycles. The van der Waals surface area contributed by atoms with Gasteiger partial charge in [-0.3, -0.25) is 9.59 Å². The summed E-state index contributed by atoms with van der Waals surface area (Å²) in [5.41, 5.74) is -0.840. The lowest BCUT2D eigenvalue weighted by atomic mass is 9.99. The van der Waals surface area contributed by atoms with Crippen LogP contribution < -0.4 is 14.9 Å². The summed E-state index contributed by atoms with van der Waals surface area (Å²) in [7, 11) is 0. The van der Waals surface area contributed by atoms with E-state index in [0.29, 0.717) is 0 Å². The number of phenolic OH excluding ortho intramolecular Hbond substituents is 2. The molecule has 5 atom stereocenters.